The minimum absolute atomic E-state index is 0.236. The van der Waals surface area contributed by atoms with Crippen molar-refractivity contribution in [3.8, 4) is 0 Å². The number of thiocarbonyl (C=S) groups is 1. The normalized spacial score (nSPS) is 11.4. The molecule has 2 rings (SSSR count). The molecule has 0 aliphatic heterocycles. The summed E-state index contributed by atoms with van der Waals surface area (Å²) in [6.07, 6.45) is -0.523. The molecule has 0 saturated carbocycles. The number of rotatable bonds is 3. The third kappa shape index (κ3) is 4.96. The van der Waals surface area contributed by atoms with E-state index in [-0.39, 0.29) is 10.8 Å². The molecule has 0 radical (unpaired) electrons. The fourth-order valence-corrected chi connectivity index (χ4v) is 1.90. The lowest BCUT2D eigenvalue weighted by molar-refractivity contribution is -0.136. The van der Waals surface area contributed by atoms with Crippen molar-refractivity contribution in [2.75, 3.05) is 5.32 Å². The van der Waals surface area contributed by atoms with Gasteiger partial charge in [-0.15, -0.1) is 0 Å². The fraction of sp³-hybridized carbons (Fsp3) is 0.0667. The Hall–Kier alpha value is -2.61. The molecule has 23 heavy (non-hydrogen) atoms. The zero-order chi connectivity index (χ0) is 16.9. The van der Waals surface area contributed by atoms with Crippen LogP contribution in [-0.2, 0) is 11.0 Å². The molecule has 1 heterocycles. The van der Waals surface area contributed by atoms with Gasteiger partial charge in [0.1, 0.15) is 5.76 Å². The molecule has 1 amide bonds. The topological polar surface area (TPSA) is 54.3 Å². The number of hydrogen-bond acceptors (Lipinski definition) is 3. The van der Waals surface area contributed by atoms with Gasteiger partial charge in [0.25, 0.3) is 0 Å². The van der Waals surface area contributed by atoms with Gasteiger partial charge in [-0.25, -0.2) is 0 Å². The Morgan fingerprint density at radius 1 is 1.17 bits per heavy atom. The van der Waals surface area contributed by atoms with Crippen molar-refractivity contribution in [3.05, 3.63) is 60.1 Å². The van der Waals surface area contributed by atoms with E-state index in [4.69, 9.17) is 16.6 Å². The van der Waals surface area contributed by atoms with Crippen LogP contribution in [0, 0.1) is 0 Å². The van der Waals surface area contributed by atoms with E-state index in [1.54, 1.807) is 12.1 Å². The number of benzene rings is 1. The van der Waals surface area contributed by atoms with E-state index in [2.05, 4.69) is 10.6 Å². The van der Waals surface area contributed by atoms with E-state index < -0.39 is 17.6 Å². The molecule has 120 valence electrons. The second-order valence-corrected chi connectivity index (χ2v) is 4.74. The van der Waals surface area contributed by atoms with Gasteiger partial charge in [0.05, 0.1) is 17.5 Å². The summed E-state index contributed by atoms with van der Waals surface area (Å²) < 4.78 is 43.5. The third-order valence-corrected chi connectivity index (χ3v) is 2.86. The molecule has 0 aliphatic rings. The minimum Gasteiger partial charge on any atom is -0.465 e. The maximum absolute atomic E-state index is 12.8. The van der Waals surface area contributed by atoms with Crippen LogP contribution in [0.25, 0.3) is 6.08 Å². The minimum atomic E-state index is -4.53. The first-order chi connectivity index (χ1) is 10.9. The van der Waals surface area contributed by atoms with Gasteiger partial charge in [0, 0.05) is 6.08 Å². The Morgan fingerprint density at radius 3 is 2.57 bits per heavy atom. The zero-order valence-corrected chi connectivity index (χ0v) is 12.4. The number of carbonyl (C=O) groups excluding carboxylic acids is 1. The number of halogens is 3. The summed E-state index contributed by atoms with van der Waals surface area (Å²) in [4.78, 5) is 11.6. The molecule has 0 saturated heterocycles. The van der Waals surface area contributed by atoms with E-state index in [1.165, 1.54) is 30.5 Å². The molecule has 0 bridgehead atoms. The molecule has 1 aromatic heterocycles. The lowest BCUT2D eigenvalue weighted by Crippen LogP contribution is -2.33. The summed E-state index contributed by atoms with van der Waals surface area (Å²) in [5.74, 6) is -0.134. The Morgan fingerprint density at radius 2 is 1.91 bits per heavy atom. The van der Waals surface area contributed by atoms with Gasteiger partial charge in [0.15, 0.2) is 5.11 Å². The maximum Gasteiger partial charge on any atom is 0.418 e. The quantitative estimate of drug-likeness (QED) is 0.659. The molecule has 0 atom stereocenters. The standard InChI is InChI=1S/C15H11F3N2O2S/c16-15(17,18)11-5-1-2-6-12(11)19-14(23)20-13(21)8-7-10-4-3-9-22-10/h1-9H,(H2,19,20,21,23)/b8-7+. The number of carbonyl (C=O) groups is 1. The summed E-state index contributed by atoms with van der Waals surface area (Å²) in [6, 6.07) is 8.13. The molecule has 4 nitrogen and oxygen atoms in total. The summed E-state index contributed by atoms with van der Waals surface area (Å²) in [7, 11) is 0. The smallest absolute Gasteiger partial charge is 0.418 e. The van der Waals surface area contributed by atoms with E-state index in [1.807, 2.05) is 0 Å². The molecular weight excluding hydrogens is 329 g/mol. The van der Waals surface area contributed by atoms with Gasteiger partial charge in [-0.2, -0.15) is 13.2 Å². The van der Waals surface area contributed by atoms with E-state index in [0.29, 0.717) is 5.76 Å². The van der Waals surface area contributed by atoms with Crippen molar-refractivity contribution in [3.63, 3.8) is 0 Å². The SMILES string of the molecule is O=C(/C=C/c1ccco1)NC(=S)Nc1ccccc1C(F)(F)F. The number of alkyl halides is 3. The van der Waals surface area contributed by atoms with Crippen LogP contribution in [0.1, 0.15) is 11.3 Å². The van der Waals surface area contributed by atoms with Crippen molar-refractivity contribution in [2.45, 2.75) is 6.18 Å². The fourth-order valence-electron chi connectivity index (χ4n) is 1.69. The van der Waals surface area contributed by atoms with Gasteiger partial charge in [0.2, 0.25) is 5.91 Å². The van der Waals surface area contributed by atoms with Crippen LogP contribution < -0.4 is 10.6 Å². The Balaban J connectivity index is 1.99. The Bertz CT molecular complexity index is 725. The second kappa shape index (κ2) is 7.10. The maximum atomic E-state index is 12.8. The highest BCUT2D eigenvalue weighted by molar-refractivity contribution is 7.80. The monoisotopic (exact) mass is 340 g/mol. The van der Waals surface area contributed by atoms with Crippen molar-refractivity contribution >= 4 is 35.0 Å². The predicted octanol–water partition coefficient (Wildman–Crippen LogP) is 3.82. The van der Waals surface area contributed by atoms with Gasteiger partial charge < -0.3 is 9.73 Å². The molecule has 8 heteroatoms. The first-order valence-electron chi connectivity index (χ1n) is 6.36. The van der Waals surface area contributed by atoms with Gasteiger partial charge in [-0.3, -0.25) is 10.1 Å². The number of nitrogens with one attached hydrogen (secondary N) is 2. The number of hydrogen-bond donors (Lipinski definition) is 2. The lowest BCUT2D eigenvalue weighted by Gasteiger charge is -2.14. The van der Waals surface area contributed by atoms with Crippen LogP contribution >= 0.6 is 12.2 Å². The van der Waals surface area contributed by atoms with Gasteiger partial charge in [-0.05, 0) is 42.6 Å². The second-order valence-electron chi connectivity index (χ2n) is 4.34. The average molecular weight is 340 g/mol. The molecule has 0 unspecified atom stereocenters. The number of furan rings is 1. The van der Waals surface area contributed by atoms with Crippen molar-refractivity contribution in [2.24, 2.45) is 0 Å². The summed E-state index contributed by atoms with van der Waals surface area (Å²) >= 11 is 4.84. The van der Waals surface area contributed by atoms with Crippen molar-refractivity contribution < 1.29 is 22.4 Å². The molecule has 2 N–H and O–H groups in total. The number of amides is 1. The predicted molar refractivity (Wildman–Crippen MR) is 83.5 cm³/mol. The highest BCUT2D eigenvalue weighted by Gasteiger charge is 2.33. The first kappa shape index (κ1) is 16.8. The highest BCUT2D eigenvalue weighted by Crippen LogP contribution is 2.34. The molecule has 0 spiro atoms. The van der Waals surface area contributed by atoms with Crippen LogP contribution in [0.4, 0.5) is 18.9 Å². The zero-order valence-electron chi connectivity index (χ0n) is 11.6. The van der Waals surface area contributed by atoms with Crippen LogP contribution in [0.15, 0.2) is 53.2 Å². The van der Waals surface area contributed by atoms with Crippen LogP contribution in [0.5, 0.6) is 0 Å². The van der Waals surface area contributed by atoms with Gasteiger partial charge in [-0.1, -0.05) is 12.1 Å². The van der Waals surface area contributed by atoms with E-state index in [9.17, 15) is 18.0 Å². The Kier molecular flexibility index (Phi) is 5.17. The van der Waals surface area contributed by atoms with E-state index in [0.717, 1.165) is 12.1 Å². The number of anilines is 1. The molecule has 1 aromatic carbocycles. The van der Waals surface area contributed by atoms with Crippen molar-refractivity contribution in [1.82, 2.24) is 5.32 Å². The molecular formula is C15H11F3N2O2S. The Labute approximate surface area is 135 Å². The van der Waals surface area contributed by atoms with Crippen molar-refractivity contribution in [1.29, 1.82) is 0 Å². The van der Waals surface area contributed by atoms with Crippen LogP contribution in [0.3, 0.4) is 0 Å². The summed E-state index contributed by atoms with van der Waals surface area (Å²) in [6.45, 7) is 0. The summed E-state index contributed by atoms with van der Waals surface area (Å²) in [5.41, 5.74) is -1.11. The third-order valence-electron chi connectivity index (χ3n) is 2.66. The first-order valence-corrected chi connectivity index (χ1v) is 6.77. The molecule has 0 aliphatic carbocycles. The largest absolute Gasteiger partial charge is 0.465 e. The van der Waals surface area contributed by atoms with E-state index >= 15 is 0 Å². The van der Waals surface area contributed by atoms with Gasteiger partial charge >= 0.3 is 6.18 Å². The average Bonchev–Trinajstić information content (AvgIpc) is 2.97. The van der Waals surface area contributed by atoms with Crippen LogP contribution in [-0.4, -0.2) is 11.0 Å². The lowest BCUT2D eigenvalue weighted by atomic mass is 10.1. The van der Waals surface area contributed by atoms with Crippen LogP contribution in [0.2, 0.25) is 0 Å². The highest BCUT2D eigenvalue weighted by atomic mass is 32.1. The number of para-hydroxylation sites is 1. The molecule has 2 aromatic rings. The summed E-state index contributed by atoms with van der Waals surface area (Å²) in [5, 5.41) is 4.38. The molecule has 0 fully saturated rings.